The Hall–Kier alpha value is -3.68. The van der Waals surface area contributed by atoms with Gasteiger partial charge >= 0.3 is 0 Å². The number of likely N-dealkylation sites (tertiary alicyclic amines) is 1. The molecule has 1 saturated heterocycles. The number of carbonyl (C=O) groups excluding carboxylic acids is 1. The van der Waals surface area contributed by atoms with E-state index in [2.05, 4.69) is 32.7 Å². The maximum absolute atomic E-state index is 14.5. The first-order chi connectivity index (χ1) is 16.1. The molecule has 33 heavy (non-hydrogen) atoms. The van der Waals surface area contributed by atoms with Crippen LogP contribution >= 0.6 is 0 Å². The van der Waals surface area contributed by atoms with Gasteiger partial charge in [0.25, 0.3) is 0 Å². The standard InChI is InChI=1S/C25H29FN6O/c1-27-25(29-15-20-7-8-23(22(26)13-20)32-12-10-28-18-32)30-16-21-14-24(33)31(17-21)11-9-19-5-3-2-4-6-19/h2-8,10,12-13,18,21H,9,11,14-17H2,1H3,(H2,27,29,30). The number of nitrogens with one attached hydrogen (secondary N) is 2. The van der Waals surface area contributed by atoms with Crippen LogP contribution in [0.15, 0.2) is 72.2 Å². The van der Waals surface area contributed by atoms with Crippen molar-refractivity contribution >= 4 is 11.9 Å². The minimum atomic E-state index is -0.310. The molecule has 0 aliphatic carbocycles. The minimum Gasteiger partial charge on any atom is -0.356 e. The van der Waals surface area contributed by atoms with Crippen LogP contribution in [0.1, 0.15) is 17.5 Å². The molecule has 7 nitrogen and oxygen atoms in total. The van der Waals surface area contributed by atoms with E-state index in [0.29, 0.717) is 31.2 Å². The van der Waals surface area contributed by atoms with E-state index in [1.54, 1.807) is 36.4 Å². The predicted molar refractivity (Wildman–Crippen MR) is 127 cm³/mol. The van der Waals surface area contributed by atoms with Crippen LogP contribution in [0.4, 0.5) is 4.39 Å². The van der Waals surface area contributed by atoms with E-state index in [4.69, 9.17) is 0 Å². The van der Waals surface area contributed by atoms with E-state index in [1.807, 2.05) is 29.2 Å². The van der Waals surface area contributed by atoms with E-state index in [-0.39, 0.29) is 17.6 Å². The van der Waals surface area contributed by atoms with Crippen LogP contribution in [-0.4, -0.2) is 53.0 Å². The number of benzene rings is 2. The molecule has 3 aromatic rings. The predicted octanol–water partition coefficient (Wildman–Crippen LogP) is 2.77. The van der Waals surface area contributed by atoms with E-state index in [9.17, 15) is 9.18 Å². The third-order valence-electron chi connectivity index (χ3n) is 5.84. The minimum absolute atomic E-state index is 0.203. The number of rotatable bonds is 8. The molecule has 0 radical (unpaired) electrons. The van der Waals surface area contributed by atoms with Crippen LogP contribution in [-0.2, 0) is 17.8 Å². The van der Waals surface area contributed by atoms with Crippen molar-refractivity contribution in [2.75, 3.05) is 26.7 Å². The van der Waals surface area contributed by atoms with Gasteiger partial charge in [-0.3, -0.25) is 9.79 Å². The van der Waals surface area contributed by atoms with Crippen molar-refractivity contribution in [2.24, 2.45) is 10.9 Å². The number of hydrogen-bond acceptors (Lipinski definition) is 3. The van der Waals surface area contributed by atoms with Gasteiger partial charge in [0, 0.05) is 58.0 Å². The Labute approximate surface area is 193 Å². The molecule has 0 spiro atoms. The molecule has 172 valence electrons. The Morgan fingerprint density at radius 3 is 2.76 bits per heavy atom. The van der Waals surface area contributed by atoms with Crippen LogP contribution in [0.3, 0.4) is 0 Å². The largest absolute Gasteiger partial charge is 0.356 e. The number of guanidine groups is 1. The average Bonchev–Trinajstić information content (AvgIpc) is 3.48. The van der Waals surface area contributed by atoms with E-state index < -0.39 is 0 Å². The zero-order valence-electron chi connectivity index (χ0n) is 18.7. The van der Waals surface area contributed by atoms with Gasteiger partial charge < -0.3 is 20.1 Å². The summed E-state index contributed by atoms with van der Waals surface area (Å²) in [7, 11) is 1.70. The number of aliphatic imine (C=N–C) groups is 1. The monoisotopic (exact) mass is 448 g/mol. The Balaban J connectivity index is 1.23. The number of halogens is 1. The van der Waals surface area contributed by atoms with Crippen molar-refractivity contribution in [3.8, 4) is 5.69 Å². The molecule has 1 amide bonds. The van der Waals surface area contributed by atoms with E-state index in [1.165, 1.54) is 11.6 Å². The zero-order valence-corrected chi connectivity index (χ0v) is 18.7. The molecule has 1 atom stereocenters. The molecule has 1 aliphatic heterocycles. The lowest BCUT2D eigenvalue weighted by atomic mass is 10.1. The summed E-state index contributed by atoms with van der Waals surface area (Å²) in [6, 6.07) is 15.3. The Morgan fingerprint density at radius 1 is 1.18 bits per heavy atom. The maximum Gasteiger partial charge on any atom is 0.223 e. The van der Waals surface area contributed by atoms with Crippen LogP contribution < -0.4 is 10.6 Å². The maximum atomic E-state index is 14.5. The topological polar surface area (TPSA) is 74.5 Å². The fraction of sp³-hybridized carbons (Fsp3) is 0.320. The van der Waals surface area contributed by atoms with Gasteiger partial charge in [0.05, 0.1) is 12.0 Å². The SMILES string of the molecule is CN=C(NCc1ccc(-n2ccnc2)c(F)c1)NCC1CC(=O)N(CCc2ccccc2)C1. The number of aromatic nitrogens is 2. The number of hydrogen-bond donors (Lipinski definition) is 2. The van der Waals surface area contributed by atoms with Crippen LogP contribution in [0.5, 0.6) is 0 Å². The number of nitrogens with zero attached hydrogens (tertiary/aromatic N) is 4. The summed E-state index contributed by atoms with van der Waals surface area (Å²) in [6.07, 6.45) is 6.30. The van der Waals surface area contributed by atoms with Gasteiger partial charge in [0.1, 0.15) is 5.82 Å². The lowest BCUT2D eigenvalue weighted by Gasteiger charge is -2.18. The van der Waals surface area contributed by atoms with Crippen LogP contribution in [0.2, 0.25) is 0 Å². The molecule has 2 heterocycles. The first-order valence-electron chi connectivity index (χ1n) is 11.2. The van der Waals surface area contributed by atoms with Crippen molar-refractivity contribution in [3.63, 3.8) is 0 Å². The molecule has 1 unspecified atom stereocenters. The molecule has 4 rings (SSSR count). The van der Waals surface area contributed by atoms with Gasteiger partial charge in [-0.2, -0.15) is 0 Å². The smallest absolute Gasteiger partial charge is 0.223 e. The third kappa shape index (κ3) is 5.97. The second-order valence-electron chi connectivity index (χ2n) is 8.21. The highest BCUT2D eigenvalue weighted by Crippen LogP contribution is 2.18. The quantitative estimate of drug-likeness (QED) is 0.411. The highest BCUT2D eigenvalue weighted by molar-refractivity contribution is 5.80. The van der Waals surface area contributed by atoms with Gasteiger partial charge in [-0.1, -0.05) is 36.4 Å². The highest BCUT2D eigenvalue weighted by atomic mass is 19.1. The molecule has 0 bridgehead atoms. The van der Waals surface area contributed by atoms with Gasteiger partial charge in [0.15, 0.2) is 5.96 Å². The first kappa shape index (κ1) is 22.5. The molecular formula is C25H29FN6O. The van der Waals surface area contributed by atoms with Crippen LogP contribution in [0.25, 0.3) is 5.69 Å². The van der Waals surface area contributed by atoms with Crippen LogP contribution in [0, 0.1) is 11.7 Å². The Bertz CT molecular complexity index is 1080. The summed E-state index contributed by atoms with van der Waals surface area (Å²) in [5.41, 5.74) is 2.51. The van der Waals surface area contributed by atoms with Gasteiger partial charge in [-0.05, 0) is 29.7 Å². The Kier molecular flexibility index (Phi) is 7.34. The van der Waals surface area contributed by atoms with Crippen molar-refractivity contribution in [2.45, 2.75) is 19.4 Å². The molecule has 8 heteroatoms. The second-order valence-corrected chi connectivity index (χ2v) is 8.21. The molecule has 1 aliphatic rings. The fourth-order valence-corrected chi connectivity index (χ4v) is 4.03. The van der Waals surface area contributed by atoms with E-state index >= 15 is 0 Å². The summed E-state index contributed by atoms with van der Waals surface area (Å²) in [5.74, 6) is 0.757. The summed E-state index contributed by atoms with van der Waals surface area (Å²) in [6.45, 7) is 2.58. The summed E-state index contributed by atoms with van der Waals surface area (Å²) < 4.78 is 16.1. The normalized spacial score (nSPS) is 16.3. The second kappa shape index (κ2) is 10.8. The Morgan fingerprint density at radius 2 is 2.03 bits per heavy atom. The summed E-state index contributed by atoms with van der Waals surface area (Å²) in [5, 5.41) is 6.51. The lowest BCUT2D eigenvalue weighted by Crippen LogP contribution is -2.40. The highest BCUT2D eigenvalue weighted by Gasteiger charge is 2.29. The van der Waals surface area contributed by atoms with Gasteiger partial charge in [0.2, 0.25) is 5.91 Å². The molecule has 2 aromatic carbocycles. The fourth-order valence-electron chi connectivity index (χ4n) is 4.03. The number of amides is 1. The summed E-state index contributed by atoms with van der Waals surface area (Å²) >= 11 is 0. The lowest BCUT2D eigenvalue weighted by molar-refractivity contribution is -0.127. The van der Waals surface area contributed by atoms with Crippen molar-refractivity contribution < 1.29 is 9.18 Å². The molecule has 1 fully saturated rings. The third-order valence-corrected chi connectivity index (χ3v) is 5.84. The van der Waals surface area contributed by atoms with Gasteiger partial charge in [-0.25, -0.2) is 9.37 Å². The van der Waals surface area contributed by atoms with Gasteiger partial charge in [-0.15, -0.1) is 0 Å². The number of imidazole rings is 1. The molecular weight excluding hydrogens is 419 g/mol. The molecule has 0 saturated carbocycles. The summed E-state index contributed by atoms with van der Waals surface area (Å²) in [4.78, 5) is 22.5. The molecule has 2 N–H and O–H groups in total. The molecule has 1 aromatic heterocycles. The average molecular weight is 449 g/mol. The van der Waals surface area contributed by atoms with Crippen molar-refractivity contribution in [1.82, 2.24) is 25.1 Å². The first-order valence-corrected chi connectivity index (χ1v) is 11.2. The van der Waals surface area contributed by atoms with E-state index in [0.717, 1.165) is 25.1 Å². The van der Waals surface area contributed by atoms with Crippen molar-refractivity contribution in [3.05, 3.63) is 84.2 Å². The zero-order chi connectivity index (χ0) is 23.0. The van der Waals surface area contributed by atoms with Crippen molar-refractivity contribution in [1.29, 1.82) is 0 Å². The number of carbonyl (C=O) groups is 1.